The summed E-state index contributed by atoms with van der Waals surface area (Å²) in [7, 11) is 0. The van der Waals surface area contributed by atoms with Crippen molar-refractivity contribution in [3.8, 4) is 5.75 Å². The summed E-state index contributed by atoms with van der Waals surface area (Å²) in [6.07, 6.45) is -4.46. The molecule has 9 nitrogen and oxygen atoms in total. The third-order valence-electron chi connectivity index (χ3n) is 5.55. The molecular weight excluding hydrogens is 443 g/mol. The molecule has 0 bridgehead atoms. The minimum atomic E-state index is -4.86. The van der Waals surface area contributed by atoms with Gasteiger partial charge in [0, 0.05) is 12.1 Å². The molecule has 1 saturated carbocycles. The summed E-state index contributed by atoms with van der Waals surface area (Å²) in [6.45, 7) is 1.63. The van der Waals surface area contributed by atoms with Crippen LogP contribution in [0.4, 0.5) is 19.0 Å². The summed E-state index contributed by atoms with van der Waals surface area (Å²) in [5.74, 6) is -0.721. The van der Waals surface area contributed by atoms with Crippen LogP contribution < -0.4 is 15.4 Å². The van der Waals surface area contributed by atoms with Gasteiger partial charge >= 0.3 is 6.36 Å². The fourth-order valence-corrected chi connectivity index (χ4v) is 3.94. The normalized spacial score (nSPS) is 22.0. The molecule has 0 radical (unpaired) electrons. The van der Waals surface area contributed by atoms with Crippen molar-refractivity contribution in [3.63, 3.8) is 0 Å². The Morgan fingerprint density at radius 2 is 2.03 bits per heavy atom. The summed E-state index contributed by atoms with van der Waals surface area (Å²) in [4.78, 5) is 25.4. The molecule has 2 aromatic rings. The van der Waals surface area contributed by atoms with Crippen molar-refractivity contribution in [2.24, 2.45) is 4.99 Å². The maximum atomic E-state index is 12.9. The Morgan fingerprint density at radius 3 is 2.73 bits per heavy atom. The summed E-state index contributed by atoms with van der Waals surface area (Å²) in [5.41, 5.74) is 1.76. The van der Waals surface area contributed by atoms with E-state index >= 15 is 0 Å². The zero-order chi connectivity index (χ0) is 23.8. The maximum absolute atomic E-state index is 12.9. The lowest BCUT2D eigenvalue weighted by molar-refractivity contribution is -0.274. The van der Waals surface area contributed by atoms with E-state index in [4.69, 9.17) is 0 Å². The Hall–Kier alpha value is -3.25. The highest BCUT2D eigenvalue weighted by molar-refractivity contribution is 6.47. The number of anilines is 1. The summed E-state index contributed by atoms with van der Waals surface area (Å²) in [6, 6.07) is 3.71. The minimum absolute atomic E-state index is 0.0343. The minimum Gasteiger partial charge on any atom is -0.405 e. The molecule has 1 amide bonds. The zero-order valence-corrected chi connectivity index (χ0v) is 17.6. The van der Waals surface area contributed by atoms with Gasteiger partial charge in [-0.15, -0.1) is 13.2 Å². The van der Waals surface area contributed by atoms with Gasteiger partial charge in [0.05, 0.1) is 36.1 Å². The number of carbonyl (C=O) groups is 1. The average molecular weight is 465 g/mol. The molecule has 12 heteroatoms. The topological polar surface area (TPSA) is 129 Å². The monoisotopic (exact) mass is 465 g/mol. The van der Waals surface area contributed by atoms with E-state index in [0.717, 1.165) is 0 Å². The first-order valence-electron chi connectivity index (χ1n) is 10.3. The highest BCUT2D eigenvalue weighted by Crippen LogP contribution is 2.29. The second-order valence-corrected chi connectivity index (χ2v) is 7.94. The number of halogens is 3. The van der Waals surface area contributed by atoms with Gasteiger partial charge < -0.3 is 25.6 Å². The van der Waals surface area contributed by atoms with Gasteiger partial charge in [0.15, 0.2) is 0 Å². The number of fused-ring (bicyclic) bond motifs is 1. The standard InChI is InChI=1S/C21H22F3N5O4/c1-10-2-5-15(33-21(22,23)24)11(6-10)7-26-20(32)17-16-13(8-25-17)27-9-28-19(16)29-12-3-4-14(30)18(12)31/h2,5-6,9,12,14,18,30-31H,3-4,7-8H2,1H3,(H,26,32)(H,27,28,29)/t12-,14-,18+/m1/s1. The van der Waals surface area contributed by atoms with Crippen LogP contribution in [0.5, 0.6) is 5.75 Å². The molecule has 3 atom stereocenters. The number of amides is 1. The zero-order valence-electron chi connectivity index (χ0n) is 17.6. The first-order valence-corrected chi connectivity index (χ1v) is 10.3. The smallest absolute Gasteiger partial charge is 0.405 e. The summed E-state index contributed by atoms with van der Waals surface area (Å²) < 4.78 is 42.2. The Balaban J connectivity index is 1.51. The van der Waals surface area contributed by atoms with Crippen LogP contribution in [0, 0.1) is 6.92 Å². The van der Waals surface area contributed by atoms with Gasteiger partial charge in [-0.25, -0.2) is 9.97 Å². The first-order chi connectivity index (χ1) is 15.6. The van der Waals surface area contributed by atoms with Crippen LogP contribution in [0.25, 0.3) is 0 Å². The predicted octanol–water partition coefficient (Wildman–Crippen LogP) is 1.60. The largest absolute Gasteiger partial charge is 0.573 e. The number of aliphatic imine (C=N–C) groups is 1. The number of hydrogen-bond donors (Lipinski definition) is 4. The fourth-order valence-electron chi connectivity index (χ4n) is 3.94. The number of rotatable bonds is 6. The molecule has 4 rings (SSSR count). The van der Waals surface area contributed by atoms with Gasteiger partial charge in [0.2, 0.25) is 0 Å². The number of carbonyl (C=O) groups excluding carboxylic acids is 1. The second kappa shape index (κ2) is 8.94. The van der Waals surface area contributed by atoms with Gasteiger partial charge in [0.25, 0.3) is 5.91 Å². The number of ether oxygens (including phenoxy) is 1. The number of aryl methyl sites for hydroxylation is 1. The summed E-state index contributed by atoms with van der Waals surface area (Å²) in [5, 5.41) is 25.5. The lowest BCUT2D eigenvalue weighted by Gasteiger charge is -2.20. The lowest BCUT2D eigenvalue weighted by atomic mass is 10.1. The predicted molar refractivity (Wildman–Crippen MR) is 111 cm³/mol. The maximum Gasteiger partial charge on any atom is 0.573 e. The SMILES string of the molecule is Cc1ccc(OC(F)(F)F)c(CNC(=O)C2=NCc3ncnc(N[C@@H]4CC[C@@H](O)[C@H]4O)c32)c1. The van der Waals surface area contributed by atoms with E-state index in [1.54, 1.807) is 6.92 Å². The number of aliphatic hydroxyl groups excluding tert-OH is 2. The van der Waals surface area contributed by atoms with Gasteiger partial charge in [-0.05, 0) is 25.8 Å². The lowest BCUT2D eigenvalue weighted by Crippen LogP contribution is -2.36. The van der Waals surface area contributed by atoms with Gasteiger partial charge in [0.1, 0.15) is 23.6 Å². The number of alkyl halides is 3. The first kappa shape index (κ1) is 22.9. The van der Waals surface area contributed by atoms with Crippen LogP contribution >= 0.6 is 0 Å². The molecule has 1 aliphatic heterocycles. The van der Waals surface area contributed by atoms with Crippen molar-refractivity contribution in [2.45, 2.75) is 57.5 Å². The molecular formula is C21H22F3N5O4. The number of aliphatic hydroxyl groups is 2. The molecule has 33 heavy (non-hydrogen) atoms. The molecule has 0 unspecified atom stereocenters. The van der Waals surface area contributed by atoms with Gasteiger partial charge in [-0.2, -0.15) is 0 Å². The van der Waals surface area contributed by atoms with Gasteiger partial charge in [-0.1, -0.05) is 17.7 Å². The Kier molecular flexibility index (Phi) is 6.21. The van der Waals surface area contributed by atoms with E-state index in [-0.39, 0.29) is 24.4 Å². The number of aromatic nitrogens is 2. The molecule has 0 saturated heterocycles. The molecule has 1 aromatic heterocycles. The van der Waals surface area contributed by atoms with E-state index in [2.05, 4.69) is 30.3 Å². The fraction of sp³-hybridized carbons (Fsp3) is 0.429. The van der Waals surface area contributed by atoms with Crippen molar-refractivity contribution in [1.29, 1.82) is 0 Å². The van der Waals surface area contributed by atoms with Crippen LogP contribution in [0.3, 0.4) is 0 Å². The molecule has 2 aliphatic rings. The van der Waals surface area contributed by atoms with Crippen molar-refractivity contribution in [1.82, 2.24) is 15.3 Å². The second-order valence-electron chi connectivity index (χ2n) is 7.94. The highest BCUT2D eigenvalue weighted by atomic mass is 19.4. The third kappa shape index (κ3) is 5.06. The quantitative estimate of drug-likeness (QED) is 0.510. The molecule has 0 spiro atoms. The van der Waals surface area contributed by atoms with Crippen LogP contribution in [-0.2, 0) is 17.9 Å². The molecule has 1 aromatic carbocycles. The van der Waals surface area contributed by atoms with E-state index in [1.165, 1.54) is 24.5 Å². The van der Waals surface area contributed by atoms with Crippen molar-refractivity contribution >= 4 is 17.4 Å². The van der Waals surface area contributed by atoms with Crippen molar-refractivity contribution in [3.05, 3.63) is 46.9 Å². The highest BCUT2D eigenvalue weighted by Gasteiger charge is 2.36. The van der Waals surface area contributed by atoms with E-state index in [0.29, 0.717) is 35.5 Å². The Morgan fingerprint density at radius 1 is 1.24 bits per heavy atom. The molecule has 176 valence electrons. The van der Waals surface area contributed by atoms with Crippen molar-refractivity contribution in [2.75, 3.05) is 5.32 Å². The van der Waals surface area contributed by atoms with Gasteiger partial charge in [-0.3, -0.25) is 9.79 Å². The molecule has 4 N–H and O–H groups in total. The summed E-state index contributed by atoms with van der Waals surface area (Å²) >= 11 is 0. The van der Waals surface area contributed by atoms with E-state index < -0.39 is 36.3 Å². The molecule has 2 heterocycles. The van der Waals surface area contributed by atoms with Crippen LogP contribution in [-0.4, -0.2) is 56.4 Å². The third-order valence-corrected chi connectivity index (χ3v) is 5.55. The Labute approximate surface area is 186 Å². The molecule has 1 aliphatic carbocycles. The van der Waals surface area contributed by atoms with Crippen LogP contribution in [0.2, 0.25) is 0 Å². The van der Waals surface area contributed by atoms with Crippen LogP contribution in [0.1, 0.15) is 35.2 Å². The number of nitrogens with one attached hydrogen (secondary N) is 2. The van der Waals surface area contributed by atoms with E-state index in [9.17, 15) is 28.2 Å². The number of nitrogens with zero attached hydrogens (tertiary/aromatic N) is 3. The number of hydrogen-bond acceptors (Lipinski definition) is 8. The van der Waals surface area contributed by atoms with Crippen molar-refractivity contribution < 1.29 is 32.9 Å². The number of benzene rings is 1. The molecule has 1 fully saturated rings. The van der Waals surface area contributed by atoms with E-state index in [1.807, 2.05) is 0 Å². The Bertz CT molecular complexity index is 1090. The average Bonchev–Trinajstić information content (AvgIpc) is 3.32. The van der Waals surface area contributed by atoms with Crippen LogP contribution in [0.15, 0.2) is 29.5 Å².